The second-order valence-corrected chi connectivity index (χ2v) is 4.38. The molecule has 1 aromatic carbocycles. The summed E-state index contributed by atoms with van der Waals surface area (Å²) in [5.74, 6) is 0.211. The second kappa shape index (κ2) is 4.80. The summed E-state index contributed by atoms with van der Waals surface area (Å²) in [6.45, 7) is 0. The summed E-state index contributed by atoms with van der Waals surface area (Å²) in [4.78, 5) is 0. The summed E-state index contributed by atoms with van der Waals surface area (Å²) in [5.41, 5.74) is 0.277. The van der Waals surface area contributed by atoms with Gasteiger partial charge in [0.15, 0.2) is 0 Å². The fourth-order valence-corrected chi connectivity index (χ4v) is 1.83. The Morgan fingerprint density at radius 3 is 2.81 bits per heavy atom. The molecule has 0 saturated heterocycles. The normalized spacial score (nSPS) is 12.7. The smallest absolute Gasteiger partial charge is 0.130 e. The largest absolute Gasteiger partial charge is 0.469 e. The molecule has 0 radical (unpaired) electrons. The molecule has 0 aliphatic rings. The van der Waals surface area contributed by atoms with Crippen molar-refractivity contribution in [1.29, 1.82) is 0 Å². The maximum absolute atomic E-state index is 13.5. The van der Waals surface area contributed by atoms with Crippen LogP contribution in [0.2, 0.25) is 0 Å². The van der Waals surface area contributed by atoms with Gasteiger partial charge < -0.3 is 9.52 Å². The first-order valence-corrected chi connectivity index (χ1v) is 5.61. The van der Waals surface area contributed by atoms with Crippen molar-refractivity contribution in [2.45, 2.75) is 12.5 Å². The first kappa shape index (κ1) is 11.4. The molecular formula is C12H10BrFO2. The van der Waals surface area contributed by atoms with Gasteiger partial charge in [-0.3, -0.25) is 0 Å². The first-order valence-electron chi connectivity index (χ1n) is 4.82. The zero-order valence-electron chi connectivity index (χ0n) is 8.36. The molecule has 1 atom stereocenters. The Morgan fingerprint density at radius 2 is 2.19 bits per heavy atom. The Hall–Kier alpha value is -1.13. The van der Waals surface area contributed by atoms with Crippen LogP contribution in [0.4, 0.5) is 4.39 Å². The molecule has 2 aromatic rings. The lowest BCUT2D eigenvalue weighted by molar-refractivity contribution is 0.166. The van der Waals surface area contributed by atoms with Gasteiger partial charge in [-0.1, -0.05) is 22.0 Å². The third-order valence-electron chi connectivity index (χ3n) is 2.30. The highest BCUT2D eigenvalue weighted by atomic mass is 79.9. The van der Waals surface area contributed by atoms with Crippen LogP contribution in [0.1, 0.15) is 17.4 Å². The minimum Gasteiger partial charge on any atom is -0.469 e. The highest BCUT2D eigenvalue weighted by Gasteiger charge is 2.14. The van der Waals surface area contributed by atoms with Crippen LogP contribution in [0.25, 0.3) is 0 Å². The van der Waals surface area contributed by atoms with E-state index in [9.17, 15) is 9.50 Å². The van der Waals surface area contributed by atoms with Gasteiger partial charge >= 0.3 is 0 Å². The molecule has 1 aromatic heterocycles. The van der Waals surface area contributed by atoms with Gasteiger partial charge in [0.1, 0.15) is 11.6 Å². The molecule has 0 spiro atoms. The van der Waals surface area contributed by atoms with E-state index in [1.807, 2.05) is 0 Å². The standard InChI is InChI=1S/C12H10BrFO2/c13-8-3-4-10(11(14)6-8)12(15)7-9-2-1-5-16-9/h1-6,12,15H,7H2. The molecule has 0 aliphatic heterocycles. The molecule has 0 amide bonds. The lowest BCUT2D eigenvalue weighted by Gasteiger charge is -2.10. The van der Waals surface area contributed by atoms with Crippen molar-refractivity contribution in [2.75, 3.05) is 0 Å². The van der Waals surface area contributed by atoms with Crippen LogP contribution in [-0.4, -0.2) is 5.11 Å². The van der Waals surface area contributed by atoms with Gasteiger partial charge in [0.2, 0.25) is 0 Å². The monoisotopic (exact) mass is 284 g/mol. The van der Waals surface area contributed by atoms with Crippen molar-refractivity contribution in [3.63, 3.8) is 0 Å². The number of rotatable bonds is 3. The Balaban J connectivity index is 2.17. The topological polar surface area (TPSA) is 33.4 Å². The molecule has 1 N–H and O–H groups in total. The molecule has 2 nitrogen and oxygen atoms in total. The van der Waals surface area contributed by atoms with Crippen molar-refractivity contribution in [1.82, 2.24) is 0 Å². The van der Waals surface area contributed by atoms with Crippen LogP contribution in [0.3, 0.4) is 0 Å². The fourth-order valence-electron chi connectivity index (χ4n) is 1.50. The predicted octanol–water partition coefficient (Wildman–Crippen LogP) is 3.46. The third-order valence-corrected chi connectivity index (χ3v) is 2.79. The van der Waals surface area contributed by atoms with Gasteiger partial charge in [0.05, 0.1) is 12.4 Å². The summed E-state index contributed by atoms with van der Waals surface area (Å²) >= 11 is 3.17. The van der Waals surface area contributed by atoms with Gasteiger partial charge in [0, 0.05) is 16.5 Å². The molecular weight excluding hydrogens is 275 g/mol. The van der Waals surface area contributed by atoms with Crippen LogP contribution in [0.5, 0.6) is 0 Å². The van der Waals surface area contributed by atoms with Crippen molar-refractivity contribution < 1.29 is 13.9 Å². The van der Waals surface area contributed by atoms with Crippen LogP contribution >= 0.6 is 15.9 Å². The SMILES string of the molecule is OC(Cc1ccco1)c1ccc(Br)cc1F. The third kappa shape index (κ3) is 2.51. The van der Waals surface area contributed by atoms with Crippen molar-refractivity contribution in [2.24, 2.45) is 0 Å². The molecule has 0 saturated carbocycles. The number of furan rings is 1. The summed E-state index contributed by atoms with van der Waals surface area (Å²) in [6.07, 6.45) is 0.908. The lowest BCUT2D eigenvalue weighted by atomic mass is 10.1. The van der Waals surface area contributed by atoms with Gasteiger partial charge in [-0.15, -0.1) is 0 Å². The first-order chi connectivity index (χ1) is 7.66. The van der Waals surface area contributed by atoms with Crippen LogP contribution in [0, 0.1) is 5.82 Å². The average Bonchev–Trinajstić information content (AvgIpc) is 2.70. The Kier molecular flexibility index (Phi) is 3.41. The van der Waals surface area contributed by atoms with Crippen LogP contribution in [-0.2, 0) is 6.42 Å². The second-order valence-electron chi connectivity index (χ2n) is 3.47. The van der Waals surface area contributed by atoms with Gasteiger partial charge in [-0.2, -0.15) is 0 Å². The number of halogens is 2. The molecule has 4 heteroatoms. The maximum Gasteiger partial charge on any atom is 0.130 e. The molecule has 1 heterocycles. The van der Waals surface area contributed by atoms with E-state index in [0.29, 0.717) is 10.2 Å². The van der Waals surface area contributed by atoms with Gasteiger partial charge in [-0.25, -0.2) is 4.39 Å². The molecule has 0 bridgehead atoms. The molecule has 16 heavy (non-hydrogen) atoms. The van der Waals surface area contributed by atoms with Gasteiger partial charge in [0.25, 0.3) is 0 Å². The average molecular weight is 285 g/mol. The number of aliphatic hydroxyl groups is 1. The number of aliphatic hydroxyl groups excluding tert-OH is 1. The van der Waals surface area contributed by atoms with E-state index >= 15 is 0 Å². The minimum atomic E-state index is -0.890. The van der Waals surface area contributed by atoms with E-state index in [1.54, 1.807) is 24.3 Å². The van der Waals surface area contributed by atoms with Crippen LogP contribution < -0.4 is 0 Å². The van der Waals surface area contributed by atoms with E-state index in [0.717, 1.165) is 0 Å². The number of hydrogen-bond donors (Lipinski definition) is 1. The molecule has 0 fully saturated rings. The highest BCUT2D eigenvalue weighted by Crippen LogP contribution is 2.23. The molecule has 2 rings (SSSR count). The highest BCUT2D eigenvalue weighted by molar-refractivity contribution is 9.10. The Labute approximate surface area is 101 Å². The number of hydrogen-bond acceptors (Lipinski definition) is 2. The fraction of sp³-hybridized carbons (Fsp3) is 0.167. The van der Waals surface area contributed by atoms with E-state index in [1.165, 1.54) is 12.3 Å². The maximum atomic E-state index is 13.5. The van der Waals surface area contributed by atoms with Crippen LogP contribution in [0.15, 0.2) is 45.5 Å². The Morgan fingerprint density at radius 1 is 1.38 bits per heavy atom. The van der Waals surface area contributed by atoms with E-state index in [2.05, 4.69) is 15.9 Å². The van der Waals surface area contributed by atoms with Gasteiger partial charge in [-0.05, 0) is 24.3 Å². The summed E-state index contributed by atoms with van der Waals surface area (Å²) < 4.78 is 19.3. The summed E-state index contributed by atoms with van der Waals surface area (Å²) in [6, 6.07) is 8.08. The molecule has 84 valence electrons. The van der Waals surface area contributed by atoms with E-state index in [4.69, 9.17) is 4.42 Å². The number of benzene rings is 1. The molecule has 1 unspecified atom stereocenters. The Bertz CT molecular complexity index is 468. The van der Waals surface area contributed by atoms with Crippen molar-refractivity contribution in [3.05, 3.63) is 58.2 Å². The zero-order valence-corrected chi connectivity index (χ0v) is 9.95. The van der Waals surface area contributed by atoms with Crippen molar-refractivity contribution in [3.8, 4) is 0 Å². The van der Waals surface area contributed by atoms with Crippen molar-refractivity contribution >= 4 is 15.9 Å². The quantitative estimate of drug-likeness (QED) is 0.937. The zero-order chi connectivity index (χ0) is 11.5. The lowest BCUT2D eigenvalue weighted by Crippen LogP contribution is -2.03. The van der Waals surface area contributed by atoms with E-state index in [-0.39, 0.29) is 12.0 Å². The summed E-state index contributed by atoms with van der Waals surface area (Å²) in [7, 11) is 0. The molecule has 0 aliphatic carbocycles. The van der Waals surface area contributed by atoms with E-state index < -0.39 is 11.9 Å². The minimum absolute atomic E-state index is 0.269. The predicted molar refractivity (Wildman–Crippen MR) is 61.5 cm³/mol. The summed E-state index contributed by atoms with van der Waals surface area (Å²) in [5, 5.41) is 9.85.